The van der Waals surface area contributed by atoms with Crippen molar-refractivity contribution in [2.24, 2.45) is 0 Å². The number of carbonyl (C=O) groups excluding carboxylic acids is 1. The number of hydrogen-bond donors (Lipinski definition) is 1. The van der Waals surface area contributed by atoms with Crippen LogP contribution >= 0.6 is 15.9 Å². The summed E-state index contributed by atoms with van der Waals surface area (Å²) in [4.78, 5) is 11.8. The minimum atomic E-state index is -0.195. The first-order valence-electron chi connectivity index (χ1n) is 5.99. The van der Waals surface area contributed by atoms with Gasteiger partial charge in [0.05, 0.1) is 0 Å². The number of anilines is 1. The van der Waals surface area contributed by atoms with Gasteiger partial charge in [-0.25, -0.2) is 0 Å². The van der Waals surface area contributed by atoms with E-state index in [2.05, 4.69) is 27.2 Å². The highest BCUT2D eigenvalue weighted by atomic mass is 79.9. The Bertz CT molecular complexity index is 698. The molecule has 0 fully saturated rings. The SMILES string of the molecule is C#Cc1cccc(NC(=O)/C=C/c2cccc(Br)c2)c1. The first-order valence-corrected chi connectivity index (χ1v) is 6.78. The number of halogens is 1. The summed E-state index contributed by atoms with van der Waals surface area (Å²) in [5.74, 6) is 2.33. The van der Waals surface area contributed by atoms with Gasteiger partial charge in [-0.1, -0.05) is 40.0 Å². The molecular formula is C17H12BrNO. The smallest absolute Gasteiger partial charge is 0.248 e. The molecule has 3 heteroatoms. The predicted molar refractivity (Wildman–Crippen MR) is 86.2 cm³/mol. The van der Waals surface area contributed by atoms with Gasteiger partial charge >= 0.3 is 0 Å². The molecule has 0 radical (unpaired) electrons. The van der Waals surface area contributed by atoms with E-state index in [4.69, 9.17) is 6.42 Å². The van der Waals surface area contributed by atoms with Crippen LogP contribution in [-0.4, -0.2) is 5.91 Å². The number of benzene rings is 2. The van der Waals surface area contributed by atoms with Crippen molar-refractivity contribution < 1.29 is 4.79 Å². The molecule has 20 heavy (non-hydrogen) atoms. The van der Waals surface area contributed by atoms with Crippen molar-refractivity contribution in [1.29, 1.82) is 0 Å². The summed E-state index contributed by atoms with van der Waals surface area (Å²) in [6.07, 6.45) is 8.56. The molecule has 2 rings (SSSR count). The van der Waals surface area contributed by atoms with E-state index in [1.54, 1.807) is 18.2 Å². The molecule has 98 valence electrons. The van der Waals surface area contributed by atoms with Crippen LogP contribution in [0.15, 0.2) is 59.1 Å². The van der Waals surface area contributed by atoms with Gasteiger partial charge in [-0.3, -0.25) is 4.79 Å². The van der Waals surface area contributed by atoms with Gasteiger partial charge in [0.1, 0.15) is 0 Å². The van der Waals surface area contributed by atoms with E-state index in [0.29, 0.717) is 5.69 Å². The molecule has 2 aromatic carbocycles. The number of amides is 1. The second kappa shape index (κ2) is 6.74. The minimum Gasteiger partial charge on any atom is -0.322 e. The summed E-state index contributed by atoms with van der Waals surface area (Å²) >= 11 is 3.39. The molecule has 0 saturated carbocycles. The molecule has 1 N–H and O–H groups in total. The minimum absolute atomic E-state index is 0.195. The number of nitrogens with one attached hydrogen (secondary N) is 1. The fourth-order valence-corrected chi connectivity index (χ4v) is 2.07. The summed E-state index contributed by atoms with van der Waals surface area (Å²) in [6, 6.07) is 14.9. The zero-order chi connectivity index (χ0) is 14.4. The molecule has 0 aliphatic rings. The summed E-state index contributed by atoms with van der Waals surface area (Å²) in [7, 11) is 0. The largest absolute Gasteiger partial charge is 0.322 e. The van der Waals surface area contributed by atoms with Crippen LogP contribution < -0.4 is 5.32 Å². The first kappa shape index (κ1) is 14.1. The molecule has 0 aromatic heterocycles. The normalized spacial score (nSPS) is 10.2. The van der Waals surface area contributed by atoms with Crippen LogP contribution in [-0.2, 0) is 4.79 Å². The van der Waals surface area contributed by atoms with E-state index in [-0.39, 0.29) is 5.91 Å². The van der Waals surface area contributed by atoms with Gasteiger partial charge < -0.3 is 5.32 Å². The molecule has 0 bridgehead atoms. The maximum atomic E-state index is 11.8. The lowest BCUT2D eigenvalue weighted by molar-refractivity contribution is -0.111. The van der Waals surface area contributed by atoms with Crippen LogP contribution in [0.3, 0.4) is 0 Å². The highest BCUT2D eigenvalue weighted by Crippen LogP contribution is 2.13. The van der Waals surface area contributed by atoms with E-state index in [1.165, 1.54) is 6.08 Å². The molecule has 0 aliphatic heterocycles. The molecular weight excluding hydrogens is 314 g/mol. The molecule has 1 amide bonds. The topological polar surface area (TPSA) is 29.1 Å². The Kier molecular flexibility index (Phi) is 4.75. The lowest BCUT2D eigenvalue weighted by Gasteiger charge is -2.02. The number of hydrogen-bond acceptors (Lipinski definition) is 1. The lowest BCUT2D eigenvalue weighted by Crippen LogP contribution is -2.07. The Hall–Kier alpha value is -2.31. The predicted octanol–water partition coefficient (Wildman–Crippen LogP) is 4.08. The second-order valence-corrected chi connectivity index (χ2v) is 5.02. The fraction of sp³-hybridized carbons (Fsp3) is 0. The van der Waals surface area contributed by atoms with Crippen molar-refractivity contribution in [1.82, 2.24) is 0 Å². The zero-order valence-electron chi connectivity index (χ0n) is 10.6. The van der Waals surface area contributed by atoms with E-state index in [9.17, 15) is 4.79 Å². The van der Waals surface area contributed by atoms with Gasteiger partial charge in [0.15, 0.2) is 0 Å². The Morgan fingerprint density at radius 1 is 1.20 bits per heavy atom. The Morgan fingerprint density at radius 3 is 2.75 bits per heavy atom. The Morgan fingerprint density at radius 2 is 2.00 bits per heavy atom. The monoisotopic (exact) mass is 325 g/mol. The lowest BCUT2D eigenvalue weighted by atomic mass is 10.2. The molecule has 2 nitrogen and oxygen atoms in total. The summed E-state index contributed by atoms with van der Waals surface area (Å²) in [6.45, 7) is 0. The summed E-state index contributed by atoms with van der Waals surface area (Å²) in [5.41, 5.74) is 2.37. The summed E-state index contributed by atoms with van der Waals surface area (Å²) in [5, 5.41) is 2.77. The van der Waals surface area contributed by atoms with Crippen molar-refractivity contribution in [3.63, 3.8) is 0 Å². The van der Waals surface area contributed by atoms with Gasteiger partial charge in [-0.15, -0.1) is 6.42 Å². The molecule has 0 unspecified atom stereocenters. The highest BCUT2D eigenvalue weighted by molar-refractivity contribution is 9.10. The molecule has 0 atom stereocenters. The van der Waals surface area contributed by atoms with Crippen LogP contribution in [0, 0.1) is 12.3 Å². The van der Waals surface area contributed by atoms with Crippen molar-refractivity contribution in [2.75, 3.05) is 5.32 Å². The number of terminal acetylenes is 1. The maximum Gasteiger partial charge on any atom is 0.248 e. The van der Waals surface area contributed by atoms with Crippen LogP contribution in [0.4, 0.5) is 5.69 Å². The van der Waals surface area contributed by atoms with Crippen LogP contribution in [0.2, 0.25) is 0 Å². The van der Waals surface area contributed by atoms with Crippen LogP contribution in [0.1, 0.15) is 11.1 Å². The Labute approximate surface area is 126 Å². The van der Waals surface area contributed by atoms with Gasteiger partial charge in [0.2, 0.25) is 5.91 Å². The van der Waals surface area contributed by atoms with Crippen molar-refractivity contribution in [3.05, 3.63) is 70.2 Å². The van der Waals surface area contributed by atoms with E-state index in [1.807, 2.05) is 36.4 Å². The van der Waals surface area contributed by atoms with E-state index < -0.39 is 0 Å². The van der Waals surface area contributed by atoms with Crippen molar-refractivity contribution >= 4 is 33.6 Å². The van der Waals surface area contributed by atoms with Crippen molar-refractivity contribution in [3.8, 4) is 12.3 Å². The maximum absolute atomic E-state index is 11.8. The van der Waals surface area contributed by atoms with Gasteiger partial charge in [-0.2, -0.15) is 0 Å². The average Bonchev–Trinajstić information content (AvgIpc) is 2.45. The van der Waals surface area contributed by atoms with Gasteiger partial charge in [0, 0.05) is 21.8 Å². The van der Waals surface area contributed by atoms with Gasteiger partial charge in [0.25, 0.3) is 0 Å². The van der Waals surface area contributed by atoms with Crippen LogP contribution in [0.25, 0.3) is 6.08 Å². The molecule has 0 aliphatic carbocycles. The quantitative estimate of drug-likeness (QED) is 0.668. The van der Waals surface area contributed by atoms with E-state index >= 15 is 0 Å². The first-order chi connectivity index (χ1) is 9.67. The van der Waals surface area contributed by atoms with Crippen molar-refractivity contribution in [2.45, 2.75) is 0 Å². The molecule has 0 saturated heterocycles. The zero-order valence-corrected chi connectivity index (χ0v) is 12.2. The van der Waals surface area contributed by atoms with E-state index in [0.717, 1.165) is 15.6 Å². The summed E-state index contributed by atoms with van der Waals surface area (Å²) < 4.78 is 0.974. The number of carbonyl (C=O) groups is 1. The van der Waals surface area contributed by atoms with Gasteiger partial charge in [-0.05, 0) is 42.0 Å². The third-order valence-electron chi connectivity index (χ3n) is 2.57. The standard InChI is InChI=1S/C17H12BrNO/c1-2-13-5-4-8-16(12-13)19-17(20)10-9-14-6-3-7-15(18)11-14/h1,3-12H,(H,19,20)/b10-9+. The average molecular weight is 326 g/mol. The number of rotatable bonds is 3. The fourth-order valence-electron chi connectivity index (χ4n) is 1.65. The third-order valence-corrected chi connectivity index (χ3v) is 3.07. The second-order valence-electron chi connectivity index (χ2n) is 4.10. The Balaban J connectivity index is 2.04. The molecule has 0 spiro atoms. The molecule has 2 aromatic rings. The van der Waals surface area contributed by atoms with Crippen LogP contribution in [0.5, 0.6) is 0 Å². The highest BCUT2D eigenvalue weighted by Gasteiger charge is 1.98. The third kappa shape index (κ3) is 4.11. The molecule has 0 heterocycles.